The van der Waals surface area contributed by atoms with E-state index in [1.807, 2.05) is 11.9 Å². The van der Waals surface area contributed by atoms with Crippen molar-refractivity contribution in [3.8, 4) is 5.75 Å². The minimum atomic E-state index is -2.85. The number of nitrogens with zero attached hydrogens (tertiary/aromatic N) is 1. The molecular weight excluding hydrogens is 304 g/mol. The van der Waals surface area contributed by atoms with E-state index >= 15 is 0 Å². The van der Waals surface area contributed by atoms with Crippen molar-refractivity contribution in [2.45, 2.75) is 31.9 Å². The molecule has 0 spiro atoms. The van der Waals surface area contributed by atoms with Crippen LogP contribution in [0.5, 0.6) is 5.75 Å². The SMILES string of the molecule is CNCCCC(=O)NC1CCN(c2ccccc2OC(F)F)C1. The first kappa shape index (κ1) is 17.5. The average Bonchev–Trinajstić information content (AvgIpc) is 2.95. The molecule has 1 fully saturated rings. The van der Waals surface area contributed by atoms with E-state index in [1.54, 1.807) is 18.2 Å². The van der Waals surface area contributed by atoms with E-state index in [1.165, 1.54) is 6.07 Å². The maximum atomic E-state index is 12.5. The van der Waals surface area contributed by atoms with Crippen LogP contribution in [0.15, 0.2) is 24.3 Å². The molecular formula is C16H23F2N3O2. The lowest BCUT2D eigenvalue weighted by molar-refractivity contribution is -0.121. The standard InChI is InChI=1S/C16H23F2N3O2/c1-19-9-4-7-15(22)20-12-8-10-21(11-12)13-5-2-3-6-14(13)23-16(17)18/h2-3,5-6,12,16,19H,4,7-11H2,1H3,(H,20,22). The molecule has 0 aromatic heterocycles. The predicted octanol–water partition coefficient (Wildman–Crippen LogP) is 1.98. The molecule has 2 N–H and O–H groups in total. The molecule has 1 amide bonds. The molecule has 1 aromatic carbocycles. The summed E-state index contributed by atoms with van der Waals surface area (Å²) in [6.45, 7) is -0.740. The minimum Gasteiger partial charge on any atom is -0.433 e. The van der Waals surface area contributed by atoms with Crippen LogP contribution in [0.1, 0.15) is 19.3 Å². The molecule has 1 aromatic rings. The second-order valence-electron chi connectivity index (χ2n) is 5.55. The Labute approximate surface area is 135 Å². The number of amides is 1. The van der Waals surface area contributed by atoms with Gasteiger partial charge in [-0.3, -0.25) is 4.79 Å². The molecule has 1 saturated heterocycles. The number of para-hydroxylation sites is 2. The quantitative estimate of drug-likeness (QED) is 0.717. The molecule has 1 aliphatic heterocycles. The van der Waals surface area contributed by atoms with Crippen molar-refractivity contribution in [1.82, 2.24) is 10.6 Å². The van der Waals surface area contributed by atoms with Crippen LogP contribution in [0, 0.1) is 0 Å². The van der Waals surface area contributed by atoms with E-state index < -0.39 is 6.61 Å². The fourth-order valence-electron chi connectivity index (χ4n) is 2.74. The highest BCUT2D eigenvalue weighted by atomic mass is 19.3. The van der Waals surface area contributed by atoms with Gasteiger partial charge < -0.3 is 20.3 Å². The van der Waals surface area contributed by atoms with Gasteiger partial charge in [-0.2, -0.15) is 8.78 Å². The zero-order valence-electron chi connectivity index (χ0n) is 13.2. The van der Waals surface area contributed by atoms with Crippen molar-refractivity contribution >= 4 is 11.6 Å². The molecule has 0 saturated carbocycles. The zero-order valence-corrected chi connectivity index (χ0v) is 13.2. The van der Waals surface area contributed by atoms with Gasteiger partial charge in [-0.15, -0.1) is 0 Å². The molecule has 0 aliphatic carbocycles. The van der Waals surface area contributed by atoms with Gasteiger partial charge in [0.25, 0.3) is 0 Å². The highest BCUT2D eigenvalue weighted by Gasteiger charge is 2.26. The summed E-state index contributed by atoms with van der Waals surface area (Å²) in [6, 6.07) is 6.78. The largest absolute Gasteiger partial charge is 0.433 e. The topological polar surface area (TPSA) is 53.6 Å². The van der Waals surface area contributed by atoms with Crippen molar-refractivity contribution in [2.24, 2.45) is 0 Å². The van der Waals surface area contributed by atoms with Gasteiger partial charge in [-0.05, 0) is 38.6 Å². The molecule has 5 nitrogen and oxygen atoms in total. The average molecular weight is 327 g/mol. The van der Waals surface area contributed by atoms with Gasteiger partial charge in [0, 0.05) is 25.6 Å². The predicted molar refractivity (Wildman–Crippen MR) is 85.0 cm³/mol. The highest BCUT2D eigenvalue weighted by Crippen LogP contribution is 2.31. The van der Waals surface area contributed by atoms with Crippen LogP contribution in [0.2, 0.25) is 0 Å². The molecule has 1 heterocycles. The van der Waals surface area contributed by atoms with E-state index in [9.17, 15) is 13.6 Å². The van der Waals surface area contributed by atoms with Crippen LogP contribution in [0.4, 0.5) is 14.5 Å². The van der Waals surface area contributed by atoms with E-state index in [-0.39, 0.29) is 17.7 Å². The third-order valence-electron chi connectivity index (χ3n) is 3.81. The first-order valence-electron chi connectivity index (χ1n) is 7.83. The van der Waals surface area contributed by atoms with Crippen molar-refractivity contribution in [3.63, 3.8) is 0 Å². The fourth-order valence-corrected chi connectivity index (χ4v) is 2.74. The van der Waals surface area contributed by atoms with Crippen LogP contribution in [0.3, 0.4) is 0 Å². The number of rotatable bonds is 8. The van der Waals surface area contributed by atoms with E-state index in [0.717, 1.165) is 19.4 Å². The smallest absolute Gasteiger partial charge is 0.387 e. The maximum absolute atomic E-state index is 12.5. The summed E-state index contributed by atoms with van der Waals surface area (Å²) in [7, 11) is 1.85. The molecule has 1 aliphatic rings. The molecule has 7 heteroatoms. The lowest BCUT2D eigenvalue weighted by atomic mass is 10.2. The van der Waals surface area contributed by atoms with Crippen molar-refractivity contribution < 1.29 is 18.3 Å². The van der Waals surface area contributed by atoms with Gasteiger partial charge in [0.1, 0.15) is 5.75 Å². The Morgan fingerprint density at radius 2 is 2.22 bits per heavy atom. The summed E-state index contributed by atoms with van der Waals surface area (Å²) in [4.78, 5) is 13.8. The fraction of sp³-hybridized carbons (Fsp3) is 0.562. The van der Waals surface area contributed by atoms with Gasteiger partial charge in [-0.25, -0.2) is 0 Å². The maximum Gasteiger partial charge on any atom is 0.387 e. The van der Waals surface area contributed by atoms with Gasteiger partial charge in [0.05, 0.1) is 5.69 Å². The number of benzene rings is 1. The second-order valence-corrected chi connectivity index (χ2v) is 5.55. The van der Waals surface area contributed by atoms with Crippen molar-refractivity contribution in [1.29, 1.82) is 0 Å². The summed E-state index contributed by atoms with van der Waals surface area (Å²) in [5, 5.41) is 6.00. The zero-order chi connectivity index (χ0) is 16.7. The molecule has 0 bridgehead atoms. The number of carbonyl (C=O) groups excluding carboxylic acids is 1. The first-order chi connectivity index (χ1) is 11.1. The monoisotopic (exact) mass is 327 g/mol. The number of halogens is 2. The second kappa shape index (κ2) is 8.67. The van der Waals surface area contributed by atoms with Gasteiger partial charge in [-0.1, -0.05) is 12.1 Å². The summed E-state index contributed by atoms with van der Waals surface area (Å²) >= 11 is 0. The number of alkyl halides is 2. The molecule has 1 unspecified atom stereocenters. The Morgan fingerprint density at radius 3 is 2.96 bits per heavy atom. The molecule has 23 heavy (non-hydrogen) atoms. The molecule has 2 rings (SSSR count). The van der Waals surface area contributed by atoms with Gasteiger partial charge in [0.15, 0.2) is 0 Å². The Morgan fingerprint density at radius 1 is 1.43 bits per heavy atom. The molecule has 1 atom stereocenters. The number of anilines is 1. The van der Waals surface area contributed by atoms with Crippen LogP contribution in [0.25, 0.3) is 0 Å². The van der Waals surface area contributed by atoms with Gasteiger partial charge in [0.2, 0.25) is 5.91 Å². The lowest BCUT2D eigenvalue weighted by Gasteiger charge is -2.22. The number of hydrogen-bond acceptors (Lipinski definition) is 4. The highest BCUT2D eigenvalue weighted by molar-refractivity contribution is 5.76. The number of carbonyl (C=O) groups is 1. The Balaban J connectivity index is 1.89. The van der Waals surface area contributed by atoms with Crippen LogP contribution in [-0.2, 0) is 4.79 Å². The van der Waals surface area contributed by atoms with E-state index in [4.69, 9.17) is 0 Å². The summed E-state index contributed by atoms with van der Waals surface area (Å²) in [5.41, 5.74) is 0.639. The Bertz CT molecular complexity index is 514. The van der Waals surface area contributed by atoms with Crippen LogP contribution >= 0.6 is 0 Å². The van der Waals surface area contributed by atoms with Crippen molar-refractivity contribution in [2.75, 3.05) is 31.6 Å². The van der Waals surface area contributed by atoms with E-state index in [2.05, 4.69) is 15.4 Å². The van der Waals surface area contributed by atoms with Gasteiger partial charge >= 0.3 is 6.61 Å². The summed E-state index contributed by atoms with van der Waals surface area (Å²) < 4.78 is 29.5. The lowest BCUT2D eigenvalue weighted by Crippen LogP contribution is -2.37. The van der Waals surface area contributed by atoms with E-state index in [0.29, 0.717) is 25.2 Å². The van der Waals surface area contributed by atoms with Crippen molar-refractivity contribution in [3.05, 3.63) is 24.3 Å². The summed E-state index contributed by atoms with van der Waals surface area (Å²) in [5.74, 6) is 0.202. The third kappa shape index (κ3) is 5.35. The minimum absolute atomic E-state index is 0.0317. The first-order valence-corrected chi connectivity index (χ1v) is 7.83. The summed E-state index contributed by atoms with van der Waals surface area (Å²) in [6.07, 6.45) is 2.08. The van der Waals surface area contributed by atoms with Crippen LogP contribution < -0.4 is 20.3 Å². The number of nitrogens with one attached hydrogen (secondary N) is 2. The Kier molecular flexibility index (Phi) is 6.58. The number of hydrogen-bond donors (Lipinski definition) is 2. The Hall–Kier alpha value is -1.89. The normalized spacial score (nSPS) is 17.6. The third-order valence-corrected chi connectivity index (χ3v) is 3.81. The van der Waals surface area contributed by atoms with Crippen LogP contribution in [-0.4, -0.2) is 45.2 Å². The molecule has 128 valence electrons. The molecule has 0 radical (unpaired) electrons. The number of ether oxygens (including phenoxy) is 1.